The van der Waals surface area contributed by atoms with Gasteiger partial charge in [0.1, 0.15) is 11.9 Å². The Morgan fingerprint density at radius 3 is 2.67 bits per heavy atom. The van der Waals surface area contributed by atoms with Crippen molar-refractivity contribution >= 4 is 40.3 Å². The van der Waals surface area contributed by atoms with Crippen molar-refractivity contribution < 1.29 is 18.8 Å². The number of H-pyrrole nitrogens is 1. The molecule has 7 nitrogen and oxygen atoms in total. The normalized spacial score (nSPS) is 20.2. The molecule has 4 amide bonds. The van der Waals surface area contributed by atoms with E-state index in [9.17, 15) is 18.8 Å². The van der Waals surface area contributed by atoms with Gasteiger partial charge in [0.05, 0.1) is 5.69 Å². The van der Waals surface area contributed by atoms with E-state index in [-0.39, 0.29) is 23.9 Å². The second-order valence-corrected chi connectivity index (χ2v) is 10.3. The van der Waals surface area contributed by atoms with Crippen LogP contribution in [0.5, 0.6) is 0 Å². The molecule has 9 heteroatoms. The number of aromatic nitrogens is 1. The smallest absolute Gasteiger partial charge is 0.328 e. The number of amides is 4. The van der Waals surface area contributed by atoms with Crippen LogP contribution in [0.25, 0.3) is 10.9 Å². The van der Waals surface area contributed by atoms with Gasteiger partial charge in [0.25, 0.3) is 5.91 Å². The lowest BCUT2D eigenvalue weighted by Gasteiger charge is -2.36. The lowest BCUT2D eigenvalue weighted by atomic mass is 9.86. The third-order valence-electron chi connectivity index (χ3n) is 7.41. The van der Waals surface area contributed by atoms with Gasteiger partial charge in [-0.2, -0.15) is 0 Å². The van der Waals surface area contributed by atoms with Crippen molar-refractivity contribution in [1.29, 1.82) is 0 Å². The summed E-state index contributed by atoms with van der Waals surface area (Å²) in [6, 6.07) is 10.8. The minimum absolute atomic E-state index is 0.117. The quantitative estimate of drug-likeness (QED) is 0.483. The zero-order valence-electron chi connectivity index (χ0n) is 20.4. The minimum Gasteiger partial charge on any atom is -0.356 e. The standard InChI is InChI=1S/C27H28ClFN4O3/c1-15(2)22(24(34)30-13-11-18-19(28)8-6-9-20(18)29)33-25(35)27(3)23-17(12-14-32(27)26(33)36)16-7-4-5-10-21(16)31-23/h4-10,15,22,31H,11-14H2,1-3H3,(H,30,34)/t22-,27-/m0/s1. The van der Waals surface area contributed by atoms with Crippen molar-refractivity contribution in [2.45, 2.75) is 45.2 Å². The van der Waals surface area contributed by atoms with Gasteiger partial charge in [-0.3, -0.25) is 9.59 Å². The second kappa shape index (κ2) is 8.92. The Labute approximate surface area is 213 Å². The average Bonchev–Trinajstić information content (AvgIpc) is 3.31. The summed E-state index contributed by atoms with van der Waals surface area (Å²) >= 11 is 6.10. The topological polar surface area (TPSA) is 85.5 Å². The van der Waals surface area contributed by atoms with Crippen LogP contribution in [0.3, 0.4) is 0 Å². The number of aromatic amines is 1. The number of imide groups is 1. The zero-order valence-corrected chi connectivity index (χ0v) is 21.2. The number of hydrogen-bond acceptors (Lipinski definition) is 3. The number of halogens is 2. The number of rotatable bonds is 6. The highest BCUT2D eigenvalue weighted by molar-refractivity contribution is 6.31. The molecule has 2 aliphatic rings. The molecule has 0 spiro atoms. The summed E-state index contributed by atoms with van der Waals surface area (Å²) < 4.78 is 14.1. The maximum Gasteiger partial charge on any atom is 0.328 e. The molecule has 188 valence electrons. The van der Waals surface area contributed by atoms with E-state index in [4.69, 9.17) is 11.6 Å². The summed E-state index contributed by atoms with van der Waals surface area (Å²) in [5.74, 6) is -1.66. The minimum atomic E-state index is -1.22. The van der Waals surface area contributed by atoms with E-state index in [0.717, 1.165) is 21.4 Å². The predicted molar refractivity (Wildman–Crippen MR) is 135 cm³/mol. The van der Waals surface area contributed by atoms with Crippen LogP contribution in [0.1, 0.15) is 37.6 Å². The van der Waals surface area contributed by atoms with Gasteiger partial charge < -0.3 is 15.2 Å². The average molecular weight is 511 g/mol. The number of nitrogens with one attached hydrogen (secondary N) is 2. The monoisotopic (exact) mass is 510 g/mol. The maximum atomic E-state index is 14.1. The highest BCUT2D eigenvalue weighted by Crippen LogP contribution is 2.45. The van der Waals surface area contributed by atoms with Crippen LogP contribution in [0.2, 0.25) is 5.02 Å². The first-order valence-electron chi connectivity index (χ1n) is 12.1. The molecule has 2 aromatic carbocycles. The molecule has 3 heterocycles. The van der Waals surface area contributed by atoms with Crippen molar-refractivity contribution in [2.24, 2.45) is 5.92 Å². The third kappa shape index (κ3) is 3.58. The summed E-state index contributed by atoms with van der Waals surface area (Å²) in [5.41, 5.74) is 1.73. The lowest BCUT2D eigenvalue weighted by molar-refractivity contribution is -0.140. The summed E-state index contributed by atoms with van der Waals surface area (Å²) in [6.45, 7) is 5.84. The molecule has 0 unspecified atom stereocenters. The molecule has 0 radical (unpaired) electrons. The van der Waals surface area contributed by atoms with E-state index in [0.29, 0.717) is 24.2 Å². The number of hydrogen-bond donors (Lipinski definition) is 2. The summed E-state index contributed by atoms with van der Waals surface area (Å²) in [4.78, 5) is 46.9. The molecule has 2 N–H and O–H groups in total. The second-order valence-electron chi connectivity index (χ2n) is 9.89. The van der Waals surface area contributed by atoms with Gasteiger partial charge in [0.15, 0.2) is 5.54 Å². The van der Waals surface area contributed by atoms with E-state index in [2.05, 4.69) is 10.3 Å². The number of para-hydroxylation sites is 1. The van der Waals surface area contributed by atoms with Gasteiger partial charge in [0.2, 0.25) is 5.91 Å². The maximum absolute atomic E-state index is 14.1. The van der Waals surface area contributed by atoms with Crippen molar-refractivity contribution in [3.63, 3.8) is 0 Å². The molecule has 1 fully saturated rings. The SMILES string of the molecule is CC(C)[C@@H](C(=O)NCCc1c(F)cccc1Cl)N1C(=O)N2CCc3c([nH]c4ccccc34)[C@@]2(C)C1=O. The Balaban J connectivity index is 1.42. The first kappa shape index (κ1) is 24.3. The van der Waals surface area contributed by atoms with Crippen LogP contribution < -0.4 is 5.32 Å². The van der Waals surface area contributed by atoms with Crippen molar-refractivity contribution in [3.05, 3.63) is 70.1 Å². The first-order valence-corrected chi connectivity index (χ1v) is 12.5. The van der Waals surface area contributed by atoms with Crippen LogP contribution in [-0.4, -0.2) is 51.8 Å². The number of carbonyl (C=O) groups is 3. The fourth-order valence-corrected chi connectivity index (χ4v) is 5.83. The molecule has 2 atom stereocenters. The van der Waals surface area contributed by atoms with Crippen LogP contribution in [0.15, 0.2) is 42.5 Å². The van der Waals surface area contributed by atoms with Gasteiger partial charge in [0, 0.05) is 34.6 Å². The Morgan fingerprint density at radius 1 is 1.19 bits per heavy atom. The number of nitrogens with zero attached hydrogens (tertiary/aromatic N) is 2. The Kier molecular flexibility index (Phi) is 6.03. The Bertz CT molecular complexity index is 1370. The van der Waals surface area contributed by atoms with Gasteiger partial charge >= 0.3 is 6.03 Å². The Morgan fingerprint density at radius 2 is 1.94 bits per heavy atom. The molecule has 1 saturated heterocycles. The van der Waals surface area contributed by atoms with Gasteiger partial charge in [-0.15, -0.1) is 0 Å². The molecule has 36 heavy (non-hydrogen) atoms. The number of benzene rings is 2. The molecular formula is C27H28ClFN4O3. The van der Waals surface area contributed by atoms with E-state index in [1.165, 1.54) is 12.1 Å². The molecule has 0 aliphatic carbocycles. The molecule has 5 rings (SSSR count). The van der Waals surface area contributed by atoms with Crippen molar-refractivity contribution in [1.82, 2.24) is 20.1 Å². The molecular weight excluding hydrogens is 483 g/mol. The van der Waals surface area contributed by atoms with E-state index >= 15 is 0 Å². The number of carbonyl (C=O) groups excluding carboxylic acids is 3. The van der Waals surface area contributed by atoms with Gasteiger partial charge in [-0.05, 0) is 49.4 Å². The predicted octanol–water partition coefficient (Wildman–Crippen LogP) is 4.38. The fraction of sp³-hybridized carbons (Fsp3) is 0.370. The van der Waals surface area contributed by atoms with E-state index in [1.807, 2.05) is 24.3 Å². The number of fused-ring (bicyclic) bond motifs is 5. The van der Waals surface area contributed by atoms with E-state index < -0.39 is 35.2 Å². The highest BCUT2D eigenvalue weighted by Gasteiger charge is 2.61. The fourth-order valence-electron chi connectivity index (χ4n) is 5.57. The van der Waals surface area contributed by atoms with Crippen LogP contribution in [-0.2, 0) is 28.0 Å². The highest BCUT2D eigenvalue weighted by atomic mass is 35.5. The summed E-state index contributed by atoms with van der Waals surface area (Å²) in [7, 11) is 0. The molecule has 0 saturated carbocycles. The summed E-state index contributed by atoms with van der Waals surface area (Å²) in [5, 5.41) is 4.11. The molecule has 1 aromatic heterocycles. The van der Waals surface area contributed by atoms with Gasteiger partial charge in [-0.25, -0.2) is 14.1 Å². The summed E-state index contributed by atoms with van der Waals surface area (Å²) in [6.07, 6.45) is 0.802. The zero-order chi connectivity index (χ0) is 25.8. The largest absolute Gasteiger partial charge is 0.356 e. The molecule has 3 aromatic rings. The van der Waals surface area contributed by atoms with Crippen LogP contribution in [0.4, 0.5) is 9.18 Å². The number of urea groups is 1. The Hall–Kier alpha value is -3.39. The van der Waals surface area contributed by atoms with Crippen LogP contribution in [0, 0.1) is 11.7 Å². The van der Waals surface area contributed by atoms with Crippen molar-refractivity contribution in [2.75, 3.05) is 13.1 Å². The molecule has 0 bridgehead atoms. The van der Waals surface area contributed by atoms with Gasteiger partial charge in [-0.1, -0.05) is 49.7 Å². The third-order valence-corrected chi connectivity index (χ3v) is 7.77. The molecule has 2 aliphatic heterocycles. The first-order chi connectivity index (χ1) is 17.2. The lowest BCUT2D eigenvalue weighted by Crippen LogP contribution is -2.53. The van der Waals surface area contributed by atoms with Crippen molar-refractivity contribution in [3.8, 4) is 0 Å². The van der Waals surface area contributed by atoms with Crippen LogP contribution >= 0.6 is 11.6 Å². The van der Waals surface area contributed by atoms with E-state index in [1.54, 1.807) is 31.7 Å².